The van der Waals surface area contributed by atoms with Crippen molar-refractivity contribution >= 4 is 5.91 Å². The first-order valence-electron chi connectivity index (χ1n) is 7.96. The number of hydrogen-bond acceptors (Lipinski definition) is 5. The SMILES string of the molecule is COCc1nnc2n1[C@@H](C)CN(C(=O)c1n[nH]c3c1CCC3)C2. The predicted molar refractivity (Wildman–Crippen MR) is 80.8 cm³/mol. The zero-order valence-corrected chi connectivity index (χ0v) is 13.4. The minimum absolute atomic E-state index is 0.0150. The van der Waals surface area contributed by atoms with E-state index in [0.717, 1.165) is 42.2 Å². The molecule has 3 heterocycles. The van der Waals surface area contributed by atoms with E-state index >= 15 is 0 Å². The fourth-order valence-electron chi connectivity index (χ4n) is 3.64. The fourth-order valence-corrected chi connectivity index (χ4v) is 3.64. The zero-order valence-electron chi connectivity index (χ0n) is 13.4. The van der Waals surface area contributed by atoms with Gasteiger partial charge in [0.25, 0.3) is 5.91 Å². The van der Waals surface area contributed by atoms with Crippen molar-refractivity contribution in [1.29, 1.82) is 0 Å². The van der Waals surface area contributed by atoms with Crippen molar-refractivity contribution in [3.05, 3.63) is 28.6 Å². The number of ether oxygens (including phenoxy) is 1. The Morgan fingerprint density at radius 1 is 1.39 bits per heavy atom. The Kier molecular flexibility index (Phi) is 3.41. The average Bonchev–Trinajstić information content (AvgIpc) is 3.22. The molecule has 0 bridgehead atoms. The number of carbonyl (C=O) groups excluding carboxylic acids is 1. The van der Waals surface area contributed by atoms with Gasteiger partial charge in [-0.25, -0.2) is 0 Å². The zero-order chi connectivity index (χ0) is 16.0. The van der Waals surface area contributed by atoms with E-state index < -0.39 is 0 Å². The number of nitrogens with zero attached hydrogens (tertiary/aromatic N) is 5. The van der Waals surface area contributed by atoms with E-state index in [4.69, 9.17) is 4.74 Å². The maximum absolute atomic E-state index is 12.9. The number of fused-ring (bicyclic) bond motifs is 2. The third-order valence-electron chi connectivity index (χ3n) is 4.66. The summed E-state index contributed by atoms with van der Waals surface area (Å²) in [4.78, 5) is 14.7. The summed E-state index contributed by atoms with van der Waals surface area (Å²) in [5.41, 5.74) is 2.79. The second-order valence-electron chi connectivity index (χ2n) is 6.25. The van der Waals surface area contributed by atoms with Crippen molar-refractivity contribution in [2.75, 3.05) is 13.7 Å². The van der Waals surface area contributed by atoms with Crippen molar-refractivity contribution < 1.29 is 9.53 Å². The van der Waals surface area contributed by atoms with Crippen molar-refractivity contribution in [2.45, 2.75) is 45.4 Å². The molecule has 0 saturated carbocycles. The summed E-state index contributed by atoms with van der Waals surface area (Å²) >= 11 is 0. The molecule has 2 aromatic heterocycles. The molecule has 1 aliphatic heterocycles. The summed E-state index contributed by atoms with van der Waals surface area (Å²) < 4.78 is 7.24. The monoisotopic (exact) mass is 316 g/mol. The standard InChI is InChI=1S/C15H20N6O2/c1-9-6-20(7-12-17-18-13(8-23-2)21(9)12)15(22)14-10-4-3-5-11(10)16-19-14/h9H,3-8H2,1-2H3,(H,16,19)/t9-/m0/s1. The molecule has 122 valence electrons. The molecule has 0 fully saturated rings. The van der Waals surface area contributed by atoms with Gasteiger partial charge in [0.2, 0.25) is 0 Å². The van der Waals surface area contributed by atoms with E-state index in [0.29, 0.717) is 25.4 Å². The van der Waals surface area contributed by atoms with Gasteiger partial charge in [-0.3, -0.25) is 9.89 Å². The molecule has 0 saturated heterocycles. The Labute approximate surface area is 133 Å². The average molecular weight is 316 g/mol. The Morgan fingerprint density at radius 2 is 2.26 bits per heavy atom. The first-order valence-corrected chi connectivity index (χ1v) is 7.96. The molecule has 2 aromatic rings. The molecule has 1 atom stereocenters. The maximum atomic E-state index is 12.9. The van der Waals surface area contributed by atoms with Gasteiger partial charge in [0, 0.05) is 24.9 Å². The smallest absolute Gasteiger partial charge is 0.275 e. The number of carbonyl (C=O) groups is 1. The summed E-state index contributed by atoms with van der Waals surface area (Å²) in [5.74, 6) is 1.60. The van der Waals surface area contributed by atoms with Gasteiger partial charge >= 0.3 is 0 Å². The lowest BCUT2D eigenvalue weighted by Gasteiger charge is -2.32. The lowest BCUT2D eigenvalue weighted by atomic mass is 10.1. The van der Waals surface area contributed by atoms with Crippen LogP contribution in [0.1, 0.15) is 52.8 Å². The van der Waals surface area contributed by atoms with E-state index in [1.807, 2.05) is 4.90 Å². The number of aromatic amines is 1. The van der Waals surface area contributed by atoms with Gasteiger partial charge in [0.15, 0.2) is 17.3 Å². The van der Waals surface area contributed by atoms with Gasteiger partial charge < -0.3 is 14.2 Å². The second kappa shape index (κ2) is 5.45. The summed E-state index contributed by atoms with van der Waals surface area (Å²) in [6, 6.07) is 0.120. The number of rotatable bonds is 3. The summed E-state index contributed by atoms with van der Waals surface area (Å²) in [6.07, 6.45) is 3.01. The van der Waals surface area contributed by atoms with Crippen LogP contribution in [0.2, 0.25) is 0 Å². The highest BCUT2D eigenvalue weighted by Gasteiger charge is 2.32. The second-order valence-corrected chi connectivity index (χ2v) is 6.25. The Bertz CT molecular complexity index is 749. The molecule has 8 heteroatoms. The van der Waals surface area contributed by atoms with Crippen molar-refractivity contribution in [1.82, 2.24) is 29.9 Å². The van der Waals surface area contributed by atoms with Crippen molar-refractivity contribution in [2.24, 2.45) is 0 Å². The van der Waals surface area contributed by atoms with Crippen LogP contribution in [-0.4, -0.2) is 49.4 Å². The van der Waals surface area contributed by atoms with Crippen LogP contribution in [0.4, 0.5) is 0 Å². The molecule has 0 radical (unpaired) electrons. The Hall–Kier alpha value is -2.22. The van der Waals surface area contributed by atoms with E-state index in [-0.39, 0.29) is 11.9 Å². The fraction of sp³-hybridized carbons (Fsp3) is 0.600. The van der Waals surface area contributed by atoms with Gasteiger partial charge in [0.1, 0.15) is 6.61 Å². The molecular weight excluding hydrogens is 296 g/mol. The molecule has 0 spiro atoms. The normalized spacial score (nSPS) is 19.7. The Morgan fingerprint density at radius 3 is 3.09 bits per heavy atom. The molecule has 1 aliphatic carbocycles. The highest BCUT2D eigenvalue weighted by Crippen LogP contribution is 2.27. The molecule has 0 aromatic carbocycles. The van der Waals surface area contributed by atoms with E-state index in [1.165, 1.54) is 0 Å². The predicted octanol–water partition coefficient (Wildman–Crippen LogP) is 0.853. The van der Waals surface area contributed by atoms with Crippen LogP contribution in [0.5, 0.6) is 0 Å². The molecule has 2 aliphatic rings. The lowest BCUT2D eigenvalue weighted by Crippen LogP contribution is -2.41. The van der Waals surface area contributed by atoms with Crippen molar-refractivity contribution in [3.63, 3.8) is 0 Å². The number of hydrogen-bond donors (Lipinski definition) is 1. The third-order valence-corrected chi connectivity index (χ3v) is 4.66. The summed E-state index contributed by atoms with van der Waals surface area (Å²) in [6.45, 7) is 3.59. The highest BCUT2D eigenvalue weighted by atomic mass is 16.5. The van der Waals surface area contributed by atoms with E-state index in [1.54, 1.807) is 7.11 Å². The van der Waals surface area contributed by atoms with E-state index in [2.05, 4.69) is 31.9 Å². The topological polar surface area (TPSA) is 88.9 Å². The quantitative estimate of drug-likeness (QED) is 0.907. The van der Waals surface area contributed by atoms with E-state index in [9.17, 15) is 4.79 Å². The minimum atomic E-state index is -0.0150. The number of aromatic nitrogens is 5. The van der Waals surface area contributed by atoms with Gasteiger partial charge in [-0.15, -0.1) is 10.2 Å². The molecular formula is C15H20N6O2. The summed E-state index contributed by atoms with van der Waals surface area (Å²) in [7, 11) is 1.64. The highest BCUT2D eigenvalue weighted by molar-refractivity contribution is 5.94. The number of nitrogens with one attached hydrogen (secondary N) is 1. The van der Waals surface area contributed by atoms with Crippen LogP contribution in [0.15, 0.2) is 0 Å². The van der Waals surface area contributed by atoms with Gasteiger partial charge in [0.05, 0.1) is 12.6 Å². The lowest BCUT2D eigenvalue weighted by molar-refractivity contribution is 0.0668. The number of methoxy groups -OCH3 is 1. The van der Waals surface area contributed by atoms with Crippen LogP contribution < -0.4 is 0 Å². The van der Waals surface area contributed by atoms with Gasteiger partial charge in [-0.2, -0.15) is 5.10 Å². The molecule has 4 rings (SSSR count). The number of H-pyrrole nitrogens is 1. The Balaban J connectivity index is 1.60. The largest absolute Gasteiger partial charge is 0.377 e. The van der Waals surface area contributed by atoms with Crippen LogP contribution in [0.3, 0.4) is 0 Å². The molecule has 23 heavy (non-hydrogen) atoms. The molecule has 8 nitrogen and oxygen atoms in total. The molecule has 1 amide bonds. The maximum Gasteiger partial charge on any atom is 0.275 e. The number of aryl methyl sites for hydroxylation is 1. The first kappa shape index (κ1) is 14.4. The summed E-state index contributed by atoms with van der Waals surface area (Å²) in [5, 5.41) is 15.7. The van der Waals surface area contributed by atoms with Crippen molar-refractivity contribution in [3.8, 4) is 0 Å². The van der Waals surface area contributed by atoms with Gasteiger partial charge in [-0.05, 0) is 26.2 Å². The number of amides is 1. The van der Waals surface area contributed by atoms with Crippen LogP contribution in [0, 0.1) is 0 Å². The minimum Gasteiger partial charge on any atom is -0.377 e. The first-order chi connectivity index (χ1) is 11.2. The molecule has 0 unspecified atom stereocenters. The van der Waals surface area contributed by atoms with Crippen LogP contribution in [-0.2, 0) is 30.7 Å². The van der Waals surface area contributed by atoms with Crippen LogP contribution in [0.25, 0.3) is 0 Å². The third kappa shape index (κ3) is 2.24. The molecule has 1 N–H and O–H groups in total. The van der Waals surface area contributed by atoms with Crippen LogP contribution >= 0.6 is 0 Å². The van der Waals surface area contributed by atoms with Gasteiger partial charge in [-0.1, -0.05) is 0 Å².